The normalized spacial score (nSPS) is 13.2. The summed E-state index contributed by atoms with van der Waals surface area (Å²) in [6, 6.07) is -0.650. The van der Waals surface area contributed by atoms with Crippen molar-refractivity contribution >= 4 is 5.91 Å². The second-order valence-corrected chi connectivity index (χ2v) is 23.2. The Kier molecular flexibility index (Phi) is 65.7. The third-order valence-electron chi connectivity index (χ3n) is 15.6. The van der Waals surface area contributed by atoms with Gasteiger partial charge in [-0.05, 0) is 83.5 Å². The largest absolute Gasteiger partial charge is 0.394 e. The lowest BCUT2D eigenvalue weighted by molar-refractivity contribution is -0.123. The molecule has 2 atom stereocenters. The Morgan fingerprint density at radius 3 is 0.909 bits per heavy atom. The Hall–Kier alpha value is -2.43. The van der Waals surface area contributed by atoms with Crippen LogP contribution < -0.4 is 5.32 Å². The standard InChI is InChI=1S/C73H133NO3/c1-3-5-7-9-11-13-15-17-19-21-23-25-27-29-31-33-35-37-39-41-43-45-47-49-51-53-55-57-59-61-63-65-67-69-73(77)74-71(70-75)72(76)68-66-64-62-60-58-56-54-52-50-48-46-44-42-40-38-36-34-32-30-28-26-24-22-20-18-16-14-12-10-8-6-4-2/h5,7,11,13,17,19,23,25,50,52,58,60,66,68,71-72,75-76H,3-4,6,8-10,12,14-16,18,20-22,24,26-49,51,53-57,59,61-65,67,69-70H2,1-2H3,(H,74,77)/b7-5-,13-11-,19-17-,25-23-,52-50+,60-58+,68-66+. The van der Waals surface area contributed by atoms with Gasteiger partial charge in [0.2, 0.25) is 5.91 Å². The zero-order valence-corrected chi connectivity index (χ0v) is 51.7. The van der Waals surface area contributed by atoms with Gasteiger partial charge in [0, 0.05) is 6.42 Å². The van der Waals surface area contributed by atoms with Crippen LogP contribution in [0.4, 0.5) is 0 Å². The fourth-order valence-electron chi connectivity index (χ4n) is 10.4. The van der Waals surface area contributed by atoms with Crippen LogP contribution in [-0.4, -0.2) is 34.9 Å². The Bertz CT molecular complexity index is 1360. The molecule has 448 valence electrons. The topological polar surface area (TPSA) is 69.6 Å². The number of hydrogen-bond acceptors (Lipinski definition) is 3. The number of nitrogens with one attached hydrogen (secondary N) is 1. The van der Waals surface area contributed by atoms with Gasteiger partial charge in [-0.3, -0.25) is 4.79 Å². The highest BCUT2D eigenvalue weighted by Gasteiger charge is 2.18. The predicted molar refractivity (Wildman–Crippen MR) is 345 cm³/mol. The van der Waals surface area contributed by atoms with E-state index in [0.717, 1.165) is 64.2 Å². The van der Waals surface area contributed by atoms with E-state index in [1.807, 2.05) is 6.08 Å². The Balaban J connectivity index is 3.50. The van der Waals surface area contributed by atoms with E-state index in [2.05, 4.69) is 92.1 Å². The van der Waals surface area contributed by atoms with Crippen molar-refractivity contribution < 1.29 is 15.0 Å². The molecule has 0 rings (SSSR count). The van der Waals surface area contributed by atoms with Gasteiger partial charge in [-0.2, -0.15) is 0 Å². The van der Waals surface area contributed by atoms with Gasteiger partial charge in [-0.25, -0.2) is 0 Å². The lowest BCUT2D eigenvalue weighted by atomic mass is 10.0. The highest BCUT2D eigenvalue weighted by atomic mass is 16.3. The first-order chi connectivity index (χ1) is 38.2. The molecule has 0 aliphatic carbocycles. The second kappa shape index (κ2) is 67.8. The smallest absolute Gasteiger partial charge is 0.220 e. The van der Waals surface area contributed by atoms with Crippen molar-refractivity contribution in [1.82, 2.24) is 5.32 Å². The molecule has 0 aliphatic heterocycles. The molecule has 0 radical (unpaired) electrons. The van der Waals surface area contributed by atoms with E-state index in [4.69, 9.17) is 0 Å². The fraction of sp³-hybridized carbons (Fsp3) is 0.795. The molecule has 77 heavy (non-hydrogen) atoms. The summed E-state index contributed by atoms with van der Waals surface area (Å²) in [6.45, 7) is 4.21. The maximum absolute atomic E-state index is 12.5. The lowest BCUT2D eigenvalue weighted by Gasteiger charge is -2.19. The van der Waals surface area contributed by atoms with E-state index in [0.29, 0.717) is 6.42 Å². The van der Waals surface area contributed by atoms with E-state index in [1.165, 1.54) is 270 Å². The van der Waals surface area contributed by atoms with Crippen molar-refractivity contribution in [2.45, 2.75) is 366 Å². The molecule has 4 heteroatoms. The van der Waals surface area contributed by atoms with E-state index < -0.39 is 12.1 Å². The summed E-state index contributed by atoms with van der Waals surface area (Å²) in [5.41, 5.74) is 0. The Morgan fingerprint density at radius 2 is 0.584 bits per heavy atom. The van der Waals surface area contributed by atoms with E-state index in [1.54, 1.807) is 6.08 Å². The van der Waals surface area contributed by atoms with Gasteiger partial charge in [0.15, 0.2) is 0 Å². The lowest BCUT2D eigenvalue weighted by Crippen LogP contribution is -2.45. The van der Waals surface area contributed by atoms with Crippen LogP contribution in [0.2, 0.25) is 0 Å². The summed E-state index contributed by atoms with van der Waals surface area (Å²) >= 11 is 0. The molecular formula is C73H133NO3. The SMILES string of the molecule is CC/C=C\C/C=C\C/C=C\C/C=C\CCCCCCCCCCCCCCCCCCCCCCC(=O)NC(CO)C(O)/C=C/CC/C=C/CC/C=C/CCCCCCCCCCCCCCCCCCCCCCCC. The molecule has 3 N–H and O–H groups in total. The van der Waals surface area contributed by atoms with Crippen molar-refractivity contribution in [2.75, 3.05) is 6.61 Å². The fourth-order valence-corrected chi connectivity index (χ4v) is 10.4. The summed E-state index contributed by atoms with van der Waals surface area (Å²) in [5, 5.41) is 23.3. The van der Waals surface area contributed by atoms with Crippen molar-refractivity contribution in [3.05, 3.63) is 85.1 Å². The van der Waals surface area contributed by atoms with Crippen molar-refractivity contribution in [2.24, 2.45) is 0 Å². The maximum Gasteiger partial charge on any atom is 0.220 e. The molecule has 0 fully saturated rings. The summed E-state index contributed by atoms with van der Waals surface area (Å²) < 4.78 is 0. The van der Waals surface area contributed by atoms with Crippen molar-refractivity contribution in [3.63, 3.8) is 0 Å². The van der Waals surface area contributed by atoms with Crippen molar-refractivity contribution in [1.29, 1.82) is 0 Å². The number of aliphatic hydroxyl groups excluding tert-OH is 2. The van der Waals surface area contributed by atoms with E-state index in [-0.39, 0.29) is 12.5 Å². The van der Waals surface area contributed by atoms with Crippen LogP contribution in [0.1, 0.15) is 354 Å². The number of amides is 1. The quantitative estimate of drug-likeness (QED) is 0.0420. The molecule has 0 saturated heterocycles. The molecule has 1 amide bonds. The van der Waals surface area contributed by atoms with Crippen LogP contribution in [-0.2, 0) is 4.79 Å². The van der Waals surface area contributed by atoms with Gasteiger partial charge < -0.3 is 15.5 Å². The van der Waals surface area contributed by atoms with Crippen LogP contribution in [0.3, 0.4) is 0 Å². The minimum Gasteiger partial charge on any atom is -0.394 e. The maximum atomic E-state index is 12.5. The van der Waals surface area contributed by atoms with E-state index >= 15 is 0 Å². The zero-order valence-electron chi connectivity index (χ0n) is 51.7. The molecule has 4 nitrogen and oxygen atoms in total. The van der Waals surface area contributed by atoms with Crippen LogP contribution >= 0.6 is 0 Å². The highest BCUT2D eigenvalue weighted by molar-refractivity contribution is 5.76. The molecule has 0 aromatic heterocycles. The average molecular weight is 1070 g/mol. The number of rotatable bonds is 63. The van der Waals surface area contributed by atoms with Crippen LogP contribution in [0.5, 0.6) is 0 Å². The number of unbranched alkanes of at least 4 members (excludes halogenated alkanes) is 44. The van der Waals surface area contributed by atoms with Crippen LogP contribution in [0, 0.1) is 0 Å². The summed E-state index contributed by atoms with van der Waals surface area (Å²) in [4.78, 5) is 12.5. The Labute approximate surface area is 481 Å². The van der Waals surface area contributed by atoms with E-state index in [9.17, 15) is 15.0 Å². The average Bonchev–Trinajstić information content (AvgIpc) is 3.43. The number of carbonyl (C=O) groups is 1. The molecular weight excluding hydrogens is 939 g/mol. The first-order valence-electron chi connectivity index (χ1n) is 34.3. The minimum atomic E-state index is -0.875. The van der Waals surface area contributed by atoms with Gasteiger partial charge in [-0.1, -0.05) is 349 Å². The number of carbonyl (C=O) groups excluding carboxylic acids is 1. The predicted octanol–water partition coefficient (Wildman–Crippen LogP) is 23.4. The zero-order chi connectivity index (χ0) is 55.5. The Morgan fingerprint density at radius 1 is 0.325 bits per heavy atom. The molecule has 0 aromatic carbocycles. The van der Waals surface area contributed by atoms with Gasteiger partial charge in [0.05, 0.1) is 18.8 Å². The van der Waals surface area contributed by atoms with Gasteiger partial charge in [-0.15, -0.1) is 0 Å². The molecule has 0 aromatic rings. The highest BCUT2D eigenvalue weighted by Crippen LogP contribution is 2.18. The molecule has 0 aliphatic rings. The summed E-state index contributed by atoms with van der Waals surface area (Å²) in [5.74, 6) is -0.0742. The van der Waals surface area contributed by atoms with Crippen LogP contribution in [0.15, 0.2) is 85.1 Å². The second-order valence-electron chi connectivity index (χ2n) is 23.2. The molecule has 0 bridgehead atoms. The number of hydrogen-bond donors (Lipinski definition) is 3. The summed E-state index contributed by atoms with van der Waals surface area (Å²) in [6.07, 6.45) is 99.6. The van der Waals surface area contributed by atoms with Crippen LogP contribution in [0.25, 0.3) is 0 Å². The van der Waals surface area contributed by atoms with Gasteiger partial charge in [0.1, 0.15) is 0 Å². The number of allylic oxidation sites excluding steroid dienone is 13. The monoisotopic (exact) mass is 1070 g/mol. The van der Waals surface area contributed by atoms with Gasteiger partial charge >= 0.3 is 0 Å². The number of aliphatic hydroxyl groups is 2. The minimum absolute atomic E-state index is 0.0742. The molecule has 0 heterocycles. The first-order valence-corrected chi connectivity index (χ1v) is 34.3. The molecule has 0 spiro atoms. The summed E-state index contributed by atoms with van der Waals surface area (Å²) in [7, 11) is 0. The third kappa shape index (κ3) is 64.3. The molecule has 2 unspecified atom stereocenters. The third-order valence-corrected chi connectivity index (χ3v) is 15.6. The van der Waals surface area contributed by atoms with Gasteiger partial charge in [0.25, 0.3) is 0 Å². The first kappa shape index (κ1) is 74.6. The molecule has 0 saturated carbocycles. The van der Waals surface area contributed by atoms with Crippen molar-refractivity contribution in [3.8, 4) is 0 Å².